The third kappa shape index (κ3) is 2.95. The number of rotatable bonds is 3. The van der Waals surface area contributed by atoms with Crippen molar-refractivity contribution in [2.45, 2.75) is 13.3 Å². The second kappa shape index (κ2) is 7.72. The lowest BCUT2D eigenvalue weighted by Crippen LogP contribution is -2.00. The normalized spacial score (nSPS) is 11.8. The van der Waals surface area contributed by atoms with Gasteiger partial charge in [-0.25, -0.2) is 4.98 Å². The number of hydrogen-bond acceptors (Lipinski definition) is 2. The minimum atomic E-state index is 0.747. The van der Waals surface area contributed by atoms with Crippen molar-refractivity contribution < 1.29 is 4.42 Å². The van der Waals surface area contributed by atoms with E-state index in [1.807, 2.05) is 30.3 Å². The van der Waals surface area contributed by atoms with E-state index in [2.05, 4.69) is 78.2 Å². The molecule has 0 spiro atoms. The summed E-state index contributed by atoms with van der Waals surface area (Å²) < 4.78 is 8.69. The van der Waals surface area contributed by atoms with Crippen LogP contribution in [0.1, 0.15) is 12.7 Å². The number of imidazole rings is 1. The number of halogens is 1. The molecule has 0 amide bonds. The minimum absolute atomic E-state index is 0.747. The third-order valence-electron chi connectivity index (χ3n) is 6.83. The Hall–Kier alpha value is -4.08. The monoisotopic (exact) mass is 472 g/mol. The molecule has 0 radical (unpaired) electrons. The highest BCUT2D eigenvalue weighted by Crippen LogP contribution is 2.43. The highest BCUT2D eigenvalue weighted by atomic mass is 35.5. The van der Waals surface area contributed by atoms with Gasteiger partial charge in [-0.3, -0.25) is 4.57 Å². The Morgan fingerprint density at radius 3 is 2.23 bits per heavy atom. The SMILES string of the molecule is CCc1nc2ccccc2n1-c1cccc2oc3cccc(-c4cccc5cccc(Cl)c45)c3c12. The maximum Gasteiger partial charge on any atom is 0.137 e. The first kappa shape index (κ1) is 20.3. The predicted molar refractivity (Wildman–Crippen MR) is 146 cm³/mol. The summed E-state index contributed by atoms with van der Waals surface area (Å²) >= 11 is 6.74. The van der Waals surface area contributed by atoms with E-state index in [1.54, 1.807) is 0 Å². The van der Waals surface area contributed by atoms with Gasteiger partial charge in [0.05, 0.1) is 22.1 Å². The molecular weight excluding hydrogens is 452 g/mol. The predicted octanol–water partition coefficient (Wildman–Crippen LogP) is 8.96. The number of aromatic nitrogens is 2. The number of furan rings is 1. The second-order valence-electron chi connectivity index (χ2n) is 8.78. The van der Waals surface area contributed by atoms with Crippen LogP contribution in [0.15, 0.2) is 101 Å². The molecule has 5 aromatic carbocycles. The molecule has 0 unspecified atom stereocenters. The zero-order valence-electron chi connectivity index (χ0n) is 19.1. The second-order valence-corrected chi connectivity index (χ2v) is 9.19. The fourth-order valence-electron chi connectivity index (χ4n) is 5.36. The molecule has 168 valence electrons. The minimum Gasteiger partial charge on any atom is -0.456 e. The summed E-state index contributed by atoms with van der Waals surface area (Å²) in [6.07, 6.45) is 0.826. The van der Waals surface area contributed by atoms with E-state index in [1.165, 1.54) is 0 Å². The van der Waals surface area contributed by atoms with Crippen molar-refractivity contribution in [3.8, 4) is 16.8 Å². The summed E-state index contributed by atoms with van der Waals surface area (Å²) in [6, 6.07) is 33.2. The van der Waals surface area contributed by atoms with Crippen molar-refractivity contribution >= 4 is 55.3 Å². The van der Waals surface area contributed by atoms with Crippen molar-refractivity contribution in [3.63, 3.8) is 0 Å². The molecule has 4 heteroatoms. The molecule has 0 bridgehead atoms. The number of fused-ring (bicyclic) bond motifs is 5. The van der Waals surface area contributed by atoms with Crippen molar-refractivity contribution in [3.05, 3.63) is 108 Å². The van der Waals surface area contributed by atoms with Gasteiger partial charge in [0, 0.05) is 22.2 Å². The third-order valence-corrected chi connectivity index (χ3v) is 7.15. The van der Waals surface area contributed by atoms with Crippen LogP contribution >= 0.6 is 11.6 Å². The number of aryl methyl sites for hydroxylation is 1. The first-order valence-electron chi connectivity index (χ1n) is 11.8. The summed E-state index contributed by atoms with van der Waals surface area (Å²) in [5.41, 5.74) is 7.09. The zero-order valence-corrected chi connectivity index (χ0v) is 19.9. The van der Waals surface area contributed by atoms with E-state index >= 15 is 0 Å². The smallest absolute Gasteiger partial charge is 0.137 e. The number of nitrogens with zero attached hydrogens (tertiary/aromatic N) is 2. The average Bonchev–Trinajstić information content (AvgIpc) is 3.47. The van der Waals surface area contributed by atoms with Gasteiger partial charge in [0.1, 0.15) is 17.0 Å². The zero-order chi connectivity index (χ0) is 23.5. The molecule has 2 heterocycles. The van der Waals surface area contributed by atoms with Crippen LogP contribution in [0, 0.1) is 0 Å². The van der Waals surface area contributed by atoms with Crippen LogP contribution in [-0.4, -0.2) is 9.55 Å². The molecule has 0 saturated carbocycles. The van der Waals surface area contributed by atoms with Crippen molar-refractivity contribution in [1.29, 1.82) is 0 Å². The summed E-state index contributed by atoms with van der Waals surface area (Å²) in [4.78, 5) is 4.93. The molecular formula is C31H21ClN2O. The van der Waals surface area contributed by atoms with Gasteiger partial charge >= 0.3 is 0 Å². The van der Waals surface area contributed by atoms with E-state index in [-0.39, 0.29) is 0 Å². The maximum absolute atomic E-state index is 6.74. The molecule has 35 heavy (non-hydrogen) atoms. The molecule has 0 fully saturated rings. The number of benzene rings is 5. The lowest BCUT2D eigenvalue weighted by molar-refractivity contribution is 0.669. The molecule has 0 saturated heterocycles. The van der Waals surface area contributed by atoms with Gasteiger partial charge in [0.15, 0.2) is 0 Å². The van der Waals surface area contributed by atoms with Crippen LogP contribution in [0.25, 0.3) is 60.6 Å². The van der Waals surface area contributed by atoms with Crippen molar-refractivity contribution in [2.24, 2.45) is 0 Å². The summed E-state index contributed by atoms with van der Waals surface area (Å²) in [6.45, 7) is 2.15. The number of hydrogen-bond donors (Lipinski definition) is 0. The molecule has 0 atom stereocenters. The quantitative estimate of drug-likeness (QED) is 0.257. The lowest BCUT2D eigenvalue weighted by atomic mass is 9.94. The first-order valence-corrected chi connectivity index (χ1v) is 12.2. The lowest BCUT2D eigenvalue weighted by Gasteiger charge is -2.13. The molecule has 7 aromatic rings. The van der Waals surface area contributed by atoms with Crippen molar-refractivity contribution in [1.82, 2.24) is 9.55 Å². The van der Waals surface area contributed by atoms with E-state index in [9.17, 15) is 0 Å². The van der Waals surface area contributed by atoms with Crippen LogP contribution in [0.2, 0.25) is 5.02 Å². The highest BCUT2D eigenvalue weighted by molar-refractivity contribution is 6.37. The van der Waals surface area contributed by atoms with E-state index in [0.29, 0.717) is 0 Å². The Labute approximate surface area is 207 Å². The Morgan fingerprint density at radius 2 is 1.40 bits per heavy atom. The van der Waals surface area contributed by atoms with Gasteiger partial charge in [-0.2, -0.15) is 0 Å². The van der Waals surface area contributed by atoms with Crippen LogP contribution in [0.3, 0.4) is 0 Å². The molecule has 3 nitrogen and oxygen atoms in total. The van der Waals surface area contributed by atoms with Gasteiger partial charge in [-0.1, -0.05) is 79.2 Å². The van der Waals surface area contributed by atoms with Crippen molar-refractivity contribution in [2.75, 3.05) is 0 Å². The molecule has 7 rings (SSSR count). The van der Waals surface area contributed by atoms with Crippen LogP contribution in [0.4, 0.5) is 0 Å². The Morgan fingerprint density at radius 1 is 0.714 bits per heavy atom. The summed E-state index contributed by atoms with van der Waals surface area (Å²) in [5.74, 6) is 1.03. The van der Waals surface area contributed by atoms with Gasteiger partial charge in [-0.15, -0.1) is 0 Å². The van der Waals surface area contributed by atoms with E-state index < -0.39 is 0 Å². The molecule has 0 aliphatic rings. The highest BCUT2D eigenvalue weighted by Gasteiger charge is 2.20. The fraction of sp³-hybridized carbons (Fsp3) is 0.0645. The molecule has 2 aromatic heterocycles. The molecule has 0 N–H and O–H groups in total. The first-order chi connectivity index (χ1) is 17.2. The molecule has 0 aliphatic carbocycles. The van der Waals surface area contributed by atoms with Gasteiger partial charge in [0.2, 0.25) is 0 Å². The van der Waals surface area contributed by atoms with Crippen LogP contribution < -0.4 is 0 Å². The van der Waals surface area contributed by atoms with Crippen LogP contribution in [-0.2, 0) is 6.42 Å². The summed E-state index contributed by atoms with van der Waals surface area (Å²) in [7, 11) is 0. The Bertz CT molecular complexity index is 1910. The Balaban J connectivity index is 1.65. The average molecular weight is 473 g/mol. The van der Waals surface area contributed by atoms with E-state index in [0.717, 1.165) is 77.8 Å². The largest absolute Gasteiger partial charge is 0.456 e. The Kier molecular flexibility index (Phi) is 4.48. The van der Waals surface area contributed by atoms with Gasteiger partial charge < -0.3 is 4.42 Å². The molecule has 0 aliphatic heterocycles. The van der Waals surface area contributed by atoms with Gasteiger partial charge in [0.25, 0.3) is 0 Å². The fourth-order valence-corrected chi connectivity index (χ4v) is 5.64. The number of para-hydroxylation sites is 2. The van der Waals surface area contributed by atoms with Crippen LogP contribution in [0.5, 0.6) is 0 Å². The van der Waals surface area contributed by atoms with E-state index in [4.69, 9.17) is 21.0 Å². The standard InChI is InChI=1S/C31H21ClN2O/c1-2-28-33-23-14-3-4-15-24(23)34(28)25-16-8-18-27-31(25)30-21(12-7-17-26(30)35-27)20-11-5-9-19-10-6-13-22(32)29(19)20/h3-18H,2H2,1H3. The van der Waals surface area contributed by atoms with Gasteiger partial charge in [-0.05, 0) is 52.9 Å². The maximum atomic E-state index is 6.74. The summed E-state index contributed by atoms with van der Waals surface area (Å²) in [5, 5.41) is 5.09. The topological polar surface area (TPSA) is 31.0 Å².